The summed E-state index contributed by atoms with van der Waals surface area (Å²) in [7, 11) is 0. The highest BCUT2D eigenvalue weighted by Gasteiger charge is 2.21. The molecule has 1 aromatic heterocycles. The van der Waals surface area contributed by atoms with E-state index in [9.17, 15) is 4.79 Å². The average molecular weight is 297 g/mol. The molecule has 2 aromatic rings. The first-order valence-corrected chi connectivity index (χ1v) is 8.00. The first-order chi connectivity index (χ1) is 10.6. The second kappa shape index (κ2) is 6.05. The van der Waals surface area contributed by atoms with Gasteiger partial charge in [-0.05, 0) is 56.9 Å². The number of nitrogens with one attached hydrogen (secondary N) is 1. The summed E-state index contributed by atoms with van der Waals surface area (Å²) in [5, 5.41) is 7.93. The van der Waals surface area contributed by atoms with Crippen LogP contribution >= 0.6 is 0 Å². The molecule has 0 radical (unpaired) electrons. The van der Waals surface area contributed by atoms with Crippen LogP contribution in [0.25, 0.3) is 11.3 Å². The van der Waals surface area contributed by atoms with Gasteiger partial charge < -0.3 is 5.32 Å². The second-order valence-corrected chi connectivity index (χ2v) is 6.13. The van der Waals surface area contributed by atoms with Gasteiger partial charge in [-0.15, -0.1) is 0 Å². The average Bonchev–Trinajstić information content (AvgIpc) is 3.33. The van der Waals surface area contributed by atoms with Gasteiger partial charge in [-0.1, -0.05) is 12.1 Å². The number of aryl methyl sites for hydroxylation is 3. The lowest BCUT2D eigenvalue weighted by Gasteiger charge is -2.11. The number of benzene rings is 1. The van der Waals surface area contributed by atoms with E-state index in [1.54, 1.807) is 4.68 Å². The molecular weight excluding hydrogens is 274 g/mol. The third-order valence-electron chi connectivity index (χ3n) is 4.31. The summed E-state index contributed by atoms with van der Waals surface area (Å²) in [6.45, 7) is 7.38. The summed E-state index contributed by atoms with van der Waals surface area (Å²) >= 11 is 0. The Kier molecular flexibility index (Phi) is 4.12. The van der Waals surface area contributed by atoms with Crippen LogP contribution in [0.3, 0.4) is 0 Å². The fourth-order valence-electron chi connectivity index (χ4n) is 2.52. The van der Waals surface area contributed by atoms with Gasteiger partial charge in [0.15, 0.2) is 0 Å². The minimum atomic E-state index is 0.0169. The molecule has 0 saturated heterocycles. The first kappa shape index (κ1) is 15.0. The Morgan fingerprint density at radius 3 is 2.64 bits per heavy atom. The van der Waals surface area contributed by atoms with Crippen LogP contribution < -0.4 is 10.9 Å². The summed E-state index contributed by atoms with van der Waals surface area (Å²) in [5.41, 5.74) is 5.27. The molecule has 1 N–H and O–H groups in total. The Bertz CT molecular complexity index is 744. The number of hydrogen-bond acceptors (Lipinski definition) is 3. The predicted molar refractivity (Wildman–Crippen MR) is 88.9 cm³/mol. The number of hydrogen-bond donors (Lipinski definition) is 1. The predicted octanol–water partition coefficient (Wildman–Crippen LogP) is 2.80. The molecule has 0 bridgehead atoms. The summed E-state index contributed by atoms with van der Waals surface area (Å²) in [4.78, 5) is 12.4. The minimum absolute atomic E-state index is 0.0169. The van der Waals surface area contributed by atoms with Crippen molar-refractivity contribution in [2.24, 2.45) is 0 Å². The van der Waals surface area contributed by atoms with Gasteiger partial charge in [0, 0.05) is 30.3 Å². The zero-order chi connectivity index (χ0) is 15.7. The van der Waals surface area contributed by atoms with Crippen LogP contribution in [0.15, 0.2) is 29.1 Å². The van der Waals surface area contributed by atoms with Gasteiger partial charge in [0.1, 0.15) is 0 Å². The van der Waals surface area contributed by atoms with Crippen molar-refractivity contribution in [1.82, 2.24) is 15.1 Å². The van der Waals surface area contributed by atoms with Gasteiger partial charge in [0.2, 0.25) is 0 Å². The lowest BCUT2D eigenvalue weighted by Crippen LogP contribution is -2.29. The van der Waals surface area contributed by atoms with Gasteiger partial charge in [-0.25, -0.2) is 4.68 Å². The summed E-state index contributed by atoms with van der Waals surface area (Å²) in [6.07, 6.45) is 2.44. The maximum absolute atomic E-state index is 12.4. The van der Waals surface area contributed by atoms with Gasteiger partial charge >= 0.3 is 0 Å². The molecule has 0 atom stereocenters. The molecule has 0 spiro atoms. The lowest BCUT2D eigenvalue weighted by molar-refractivity contribution is 0.596. The van der Waals surface area contributed by atoms with E-state index < -0.39 is 0 Å². The summed E-state index contributed by atoms with van der Waals surface area (Å²) in [5.74, 6) is 0. The normalized spacial score (nSPS) is 14.3. The van der Waals surface area contributed by atoms with Crippen LogP contribution in [0, 0.1) is 13.8 Å². The Labute approximate surface area is 131 Å². The Morgan fingerprint density at radius 1 is 1.23 bits per heavy atom. The monoisotopic (exact) mass is 297 g/mol. The van der Waals surface area contributed by atoms with Crippen molar-refractivity contribution in [3.63, 3.8) is 0 Å². The third kappa shape index (κ3) is 3.12. The molecule has 1 heterocycles. The fraction of sp³-hybridized carbons (Fsp3) is 0.444. The van der Waals surface area contributed by atoms with E-state index >= 15 is 0 Å². The molecule has 1 aliphatic rings. The Hall–Kier alpha value is -1.94. The number of nitrogens with zero attached hydrogens (tertiary/aromatic N) is 2. The molecule has 116 valence electrons. The standard InChI is InChI=1S/C18H23N3O/c1-4-21-18(22)15(11-19-16-7-8-16)10-17(20-21)14-6-5-12(2)13(3)9-14/h5-6,9-10,16,19H,4,7-8,11H2,1-3H3. The van der Waals surface area contributed by atoms with Crippen molar-refractivity contribution in [1.29, 1.82) is 0 Å². The van der Waals surface area contributed by atoms with Crippen LogP contribution in [0.5, 0.6) is 0 Å². The molecule has 4 nitrogen and oxygen atoms in total. The van der Waals surface area contributed by atoms with Gasteiger partial charge in [-0.3, -0.25) is 4.79 Å². The molecule has 22 heavy (non-hydrogen) atoms. The highest BCUT2D eigenvalue weighted by atomic mass is 16.1. The lowest BCUT2D eigenvalue weighted by atomic mass is 10.0. The van der Waals surface area contributed by atoms with Crippen molar-refractivity contribution in [2.45, 2.75) is 52.7 Å². The smallest absolute Gasteiger partial charge is 0.271 e. The molecule has 1 saturated carbocycles. The second-order valence-electron chi connectivity index (χ2n) is 6.13. The molecule has 3 rings (SSSR count). The van der Waals surface area contributed by atoms with Gasteiger partial charge in [0.25, 0.3) is 5.56 Å². The Morgan fingerprint density at radius 2 is 2.00 bits per heavy atom. The van der Waals surface area contributed by atoms with Crippen LogP contribution in [0.1, 0.15) is 36.5 Å². The maximum atomic E-state index is 12.4. The van der Waals surface area contributed by atoms with Crippen LogP contribution in [0.2, 0.25) is 0 Å². The highest BCUT2D eigenvalue weighted by Crippen LogP contribution is 2.21. The zero-order valence-corrected chi connectivity index (χ0v) is 13.5. The third-order valence-corrected chi connectivity index (χ3v) is 4.31. The molecule has 0 unspecified atom stereocenters. The molecular formula is C18H23N3O. The van der Waals surface area contributed by atoms with Crippen molar-refractivity contribution in [3.8, 4) is 11.3 Å². The van der Waals surface area contributed by atoms with Gasteiger partial charge in [0.05, 0.1) is 5.69 Å². The summed E-state index contributed by atoms with van der Waals surface area (Å²) in [6, 6.07) is 8.85. The van der Waals surface area contributed by atoms with E-state index in [2.05, 4.69) is 42.5 Å². The van der Waals surface area contributed by atoms with Crippen LogP contribution in [-0.2, 0) is 13.1 Å². The molecule has 4 heteroatoms. The molecule has 0 aliphatic heterocycles. The first-order valence-electron chi connectivity index (χ1n) is 8.00. The largest absolute Gasteiger partial charge is 0.310 e. The number of aromatic nitrogens is 2. The van der Waals surface area contributed by atoms with E-state index in [0.717, 1.165) is 16.8 Å². The molecule has 1 aliphatic carbocycles. The SMILES string of the molecule is CCn1nc(-c2ccc(C)c(C)c2)cc(CNC2CC2)c1=O. The number of rotatable bonds is 5. The maximum Gasteiger partial charge on any atom is 0.271 e. The molecule has 0 amide bonds. The van der Waals surface area contributed by atoms with Crippen molar-refractivity contribution < 1.29 is 0 Å². The van der Waals surface area contributed by atoms with E-state index in [1.165, 1.54) is 24.0 Å². The van der Waals surface area contributed by atoms with E-state index in [0.29, 0.717) is 19.1 Å². The molecule has 1 aromatic carbocycles. The zero-order valence-electron chi connectivity index (χ0n) is 13.5. The minimum Gasteiger partial charge on any atom is -0.310 e. The van der Waals surface area contributed by atoms with E-state index in [4.69, 9.17) is 0 Å². The highest BCUT2D eigenvalue weighted by molar-refractivity contribution is 5.61. The van der Waals surface area contributed by atoms with Crippen molar-refractivity contribution in [2.75, 3.05) is 0 Å². The van der Waals surface area contributed by atoms with Crippen molar-refractivity contribution in [3.05, 3.63) is 51.3 Å². The molecule has 1 fully saturated rings. The van der Waals surface area contributed by atoms with Crippen LogP contribution in [0.4, 0.5) is 0 Å². The Balaban J connectivity index is 2.00. The van der Waals surface area contributed by atoms with Gasteiger partial charge in [-0.2, -0.15) is 5.10 Å². The quantitative estimate of drug-likeness (QED) is 0.923. The summed E-state index contributed by atoms with van der Waals surface area (Å²) < 4.78 is 1.56. The van der Waals surface area contributed by atoms with Crippen molar-refractivity contribution >= 4 is 0 Å². The fourth-order valence-corrected chi connectivity index (χ4v) is 2.52. The van der Waals surface area contributed by atoms with E-state index in [1.807, 2.05) is 13.0 Å². The van der Waals surface area contributed by atoms with Crippen LogP contribution in [-0.4, -0.2) is 15.8 Å². The topological polar surface area (TPSA) is 46.9 Å². The van der Waals surface area contributed by atoms with E-state index in [-0.39, 0.29) is 5.56 Å².